The summed E-state index contributed by atoms with van der Waals surface area (Å²) in [6.07, 6.45) is -8.68. The van der Waals surface area contributed by atoms with Crippen LogP contribution in [0.5, 0.6) is 5.75 Å². The molecular formula is C31H21ClF6N4O2. The van der Waals surface area contributed by atoms with Gasteiger partial charge in [0.15, 0.2) is 17.3 Å². The number of hydrogen-bond donors (Lipinski definition) is 0. The van der Waals surface area contributed by atoms with E-state index < -0.39 is 34.4 Å². The van der Waals surface area contributed by atoms with Crippen LogP contribution in [0.4, 0.5) is 26.3 Å². The van der Waals surface area contributed by atoms with E-state index in [1.165, 1.54) is 18.2 Å². The second-order valence-corrected chi connectivity index (χ2v) is 10.7. The Hall–Kier alpha value is -4.76. The van der Waals surface area contributed by atoms with Gasteiger partial charge in [0.1, 0.15) is 11.4 Å². The minimum atomic E-state index is -4.88. The number of oxazole rings is 1. The largest absolute Gasteiger partial charge is 0.573 e. The van der Waals surface area contributed by atoms with Gasteiger partial charge in [0.25, 0.3) is 0 Å². The predicted octanol–water partition coefficient (Wildman–Crippen LogP) is 9.54. The van der Waals surface area contributed by atoms with Gasteiger partial charge in [-0.25, -0.2) is 9.67 Å². The summed E-state index contributed by atoms with van der Waals surface area (Å²) in [5.74, 6) is -0.136. The number of alkyl halides is 6. The van der Waals surface area contributed by atoms with Crippen molar-refractivity contribution < 1.29 is 35.5 Å². The molecule has 0 bridgehead atoms. The molecule has 0 radical (unpaired) electrons. The van der Waals surface area contributed by atoms with Gasteiger partial charge in [0.2, 0.25) is 0 Å². The highest BCUT2D eigenvalue weighted by molar-refractivity contribution is 6.31. The standard InChI is InChI=1S/C31H21ClF6N4O2/c1-17-40-26(18-7-10-22(11-8-18)44-31(36,37)38)27(43-17)23-14-20(19-5-4-6-21(13-19)29(2,3)16-39)9-12-25(23)42-15-24(32)28(41-42)30(33,34)35/h4-15H,1-3H3. The van der Waals surface area contributed by atoms with E-state index >= 15 is 0 Å². The highest BCUT2D eigenvalue weighted by Crippen LogP contribution is 2.41. The number of benzene rings is 3. The molecule has 44 heavy (non-hydrogen) atoms. The fourth-order valence-electron chi connectivity index (χ4n) is 4.54. The van der Waals surface area contributed by atoms with E-state index in [1.54, 1.807) is 39.0 Å². The molecule has 6 nitrogen and oxygen atoms in total. The highest BCUT2D eigenvalue weighted by atomic mass is 35.5. The van der Waals surface area contributed by atoms with Crippen LogP contribution in [0.25, 0.3) is 39.4 Å². The summed E-state index contributed by atoms with van der Waals surface area (Å²) in [6.45, 7) is 5.10. The second kappa shape index (κ2) is 11.1. The van der Waals surface area contributed by atoms with Gasteiger partial charge in [-0.3, -0.25) is 0 Å². The molecule has 0 aliphatic rings. The van der Waals surface area contributed by atoms with Crippen molar-refractivity contribution in [1.29, 1.82) is 5.26 Å². The number of aromatic nitrogens is 3. The van der Waals surface area contributed by atoms with E-state index in [2.05, 4.69) is 20.9 Å². The lowest BCUT2D eigenvalue weighted by Gasteiger charge is -2.17. The zero-order valence-corrected chi connectivity index (χ0v) is 23.9. The van der Waals surface area contributed by atoms with Crippen LogP contribution in [-0.4, -0.2) is 21.1 Å². The lowest BCUT2D eigenvalue weighted by Crippen LogP contribution is -2.16. The second-order valence-electron chi connectivity index (χ2n) is 10.3. The Morgan fingerprint density at radius 3 is 2.18 bits per heavy atom. The number of halogens is 7. The average Bonchev–Trinajstić information content (AvgIpc) is 3.55. The minimum Gasteiger partial charge on any atom is -0.440 e. The molecule has 0 spiro atoms. The van der Waals surface area contributed by atoms with Crippen molar-refractivity contribution in [2.24, 2.45) is 0 Å². The number of rotatable bonds is 6. The first-order valence-electron chi connectivity index (χ1n) is 12.9. The predicted molar refractivity (Wildman–Crippen MR) is 150 cm³/mol. The van der Waals surface area contributed by atoms with Crippen molar-refractivity contribution in [3.05, 3.63) is 95.1 Å². The Labute approximate surface area is 252 Å². The molecule has 226 valence electrons. The average molecular weight is 631 g/mol. The molecule has 0 saturated carbocycles. The van der Waals surface area contributed by atoms with Gasteiger partial charge in [-0.05, 0) is 73.0 Å². The Morgan fingerprint density at radius 2 is 1.57 bits per heavy atom. The quantitative estimate of drug-likeness (QED) is 0.175. The lowest BCUT2D eigenvalue weighted by molar-refractivity contribution is -0.274. The third kappa shape index (κ3) is 6.28. The van der Waals surface area contributed by atoms with Crippen molar-refractivity contribution in [1.82, 2.24) is 14.8 Å². The molecule has 0 aliphatic heterocycles. The van der Waals surface area contributed by atoms with Gasteiger partial charge in [-0.2, -0.15) is 23.5 Å². The first kappa shape index (κ1) is 30.7. The fraction of sp³-hybridized carbons (Fsp3) is 0.194. The first-order chi connectivity index (χ1) is 20.6. The minimum absolute atomic E-state index is 0.123. The molecular weight excluding hydrogens is 610 g/mol. The summed E-state index contributed by atoms with van der Waals surface area (Å²) in [4.78, 5) is 4.42. The molecule has 0 fully saturated rings. The van der Waals surface area contributed by atoms with Crippen molar-refractivity contribution in [2.75, 3.05) is 0 Å². The molecule has 0 aliphatic carbocycles. The summed E-state index contributed by atoms with van der Waals surface area (Å²) in [5, 5.41) is 12.7. The molecule has 0 N–H and O–H groups in total. The normalized spacial score (nSPS) is 12.3. The van der Waals surface area contributed by atoms with Gasteiger partial charge in [-0.15, -0.1) is 13.2 Å². The summed E-state index contributed by atoms with van der Waals surface area (Å²) >= 11 is 5.91. The number of nitriles is 1. The molecule has 5 rings (SSSR count). The van der Waals surface area contributed by atoms with Crippen molar-refractivity contribution in [2.45, 2.75) is 38.7 Å². The lowest BCUT2D eigenvalue weighted by atomic mass is 9.84. The molecule has 0 amide bonds. The molecule has 0 atom stereocenters. The van der Waals surface area contributed by atoms with Crippen LogP contribution < -0.4 is 4.74 Å². The Bertz CT molecular complexity index is 1880. The summed E-state index contributed by atoms with van der Waals surface area (Å²) in [6, 6.07) is 19.3. The van der Waals surface area contributed by atoms with Crippen LogP contribution >= 0.6 is 11.6 Å². The maximum absolute atomic E-state index is 13.6. The number of hydrogen-bond acceptors (Lipinski definition) is 5. The van der Waals surface area contributed by atoms with Crippen LogP contribution in [-0.2, 0) is 11.6 Å². The Morgan fingerprint density at radius 1 is 0.909 bits per heavy atom. The molecule has 13 heteroatoms. The van der Waals surface area contributed by atoms with Crippen molar-refractivity contribution in [3.63, 3.8) is 0 Å². The third-order valence-corrected chi connectivity index (χ3v) is 7.00. The zero-order chi connectivity index (χ0) is 32.0. The van der Waals surface area contributed by atoms with Gasteiger partial charge < -0.3 is 9.15 Å². The molecule has 0 unspecified atom stereocenters. The highest BCUT2D eigenvalue weighted by Gasteiger charge is 2.37. The zero-order valence-electron chi connectivity index (χ0n) is 23.2. The van der Waals surface area contributed by atoms with Crippen LogP contribution in [0, 0.1) is 18.3 Å². The van der Waals surface area contributed by atoms with Crippen LogP contribution in [0.3, 0.4) is 0 Å². The van der Waals surface area contributed by atoms with E-state index in [9.17, 15) is 31.6 Å². The molecule has 5 aromatic rings. The van der Waals surface area contributed by atoms with Crippen LogP contribution in [0.1, 0.15) is 31.0 Å². The molecule has 2 heterocycles. The van der Waals surface area contributed by atoms with E-state index in [4.69, 9.17) is 16.0 Å². The monoisotopic (exact) mass is 630 g/mol. The van der Waals surface area contributed by atoms with Crippen LogP contribution in [0.15, 0.2) is 77.3 Å². The van der Waals surface area contributed by atoms with E-state index in [1.807, 2.05) is 18.2 Å². The van der Waals surface area contributed by atoms with Gasteiger partial charge in [0.05, 0.1) is 28.4 Å². The SMILES string of the molecule is Cc1nc(-c2ccc(OC(F)(F)F)cc2)c(-c2cc(-c3cccc(C(C)(C)C#N)c3)ccc2-n2cc(Cl)c(C(F)(F)F)n2)o1. The van der Waals surface area contributed by atoms with Gasteiger partial charge in [0, 0.05) is 18.1 Å². The fourth-order valence-corrected chi connectivity index (χ4v) is 4.77. The van der Waals surface area contributed by atoms with Gasteiger partial charge in [-0.1, -0.05) is 35.9 Å². The maximum Gasteiger partial charge on any atom is 0.573 e. The maximum atomic E-state index is 13.6. The number of ether oxygens (including phenoxy) is 1. The van der Waals surface area contributed by atoms with Crippen LogP contribution in [0.2, 0.25) is 5.02 Å². The number of aryl methyl sites for hydroxylation is 1. The summed E-state index contributed by atoms with van der Waals surface area (Å²) in [5.41, 5.74) is 1.00. The topological polar surface area (TPSA) is 76.9 Å². The number of nitrogens with zero attached hydrogens (tertiary/aromatic N) is 4. The van der Waals surface area contributed by atoms with Gasteiger partial charge >= 0.3 is 12.5 Å². The summed E-state index contributed by atoms with van der Waals surface area (Å²) < 4.78 is 89.7. The van der Waals surface area contributed by atoms with E-state index in [0.29, 0.717) is 16.7 Å². The summed E-state index contributed by atoms with van der Waals surface area (Å²) in [7, 11) is 0. The third-order valence-electron chi connectivity index (χ3n) is 6.72. The van der Waals surface area contributed by atoms with Crippen molar-refractivity contribution in [3.8, 4) is 51.2 Å². The van der Waals surface area contributed by atoms with Crippen molar-refractivity contribution >= 4 is 11.6 Å². The smallest absolute Gasteiger partial charge is 0.440 e. The molecule has 3 aromatic carbocycles. The van der Waals surface area contributed by atoms with E-state index in [-0.39, 0.29) is 28.6 Å². The first-order valence-corrected chi connectivity index (χ1v) is 13.3. The molecule has 2 aromatic heterocycles. The molecule has 0 saturated heterocycles. The van der Waals surface area contributed by atoms with E-state index in [0.717, 1.165) is 28.6 Å². The Balaban J connectivity index is 1.71. The Kier molecular flexibility index (Phi) is 7.72.